The van der Waals surface area contributed by atoms with Gasteiger partial charge >= 0.3 is 12.2 Å². The molecule has 1 saturated heterocycles. The number of urea groups is 1. The van der Waals surface area contributed by atoms with Crippen LogP contribution in [0.25, 0.3) is 0 Å². The Hall–Kier alpha value is -2.96. The molecular weight excluding hydrogens is 399 g/mol. The van der Waals surface area contributed by atoms with Crippen LogP contribution in [0.3, 0.4) is 0 Å². The Morgan fingerprint density at radius 1 is 1.17 bits per heavy atom. The molecule has 1 aliphatic heterocycles. The Bertz CT molecular complexity index is 846. The number of primary amides is 1. The van der Waals surface area contributed by atoms with E-state index in [-0.39, 0.29) is 37.4 Å². The van der Waals surface area contributed by atoms with E-state index in [2.05, 4.69) is 5.32 Å². The minimum absolute atomic E-state index is 0.0186. The molecule has 30 heavy (non-hydrogen) atoms. The number of alkyl halides is 3. The maximum absolute atomic E-state index is 13.3. The molecule has 1 heterocycles. The summed E-state index contributed by atoms with van der Waals surface area (Å²) < 4.78 is 39.9. The Kier molecular flexibility index (Phi) is 6.39. The quantitative estimate of drug-likeness (QED) is 0.780. The third kappa shape index (κ3) is 4.78. The molecule has 1 aromatic carbocycles. The number of benzene rings is 1. The van der Waals surface area contributed by atoms with Gasteiger partial charge < -0.3 is 20.9 Å². The number of carbonyl (C=O) groups is 2. The van der Waals surface area contributed by atoms with Gasteiger partial charge in [0.15, 0.2) is 0 Å². The number of nitrogens with zero attached hydrogens (tertiary/aromatic N) is 3. The van der Waals surface area contributed by atoms with E-state index >= 15 is 0 Å². The maximum Gasteiger partial charge on any atom is 0.417 e. The normalized spacial score (nSPS) is 20.5. The average Bonchev–Trinajstić information content (AvgIpc) is 2.73. The smallest absolute Gasteiger partial charge is 0.368 e. The monoisotopic (exact) mass is 423 g/mol. The largest absolute Gasteiger partial charge is 0.417 e. The third-order valence-corrected chi connectivity index (χ3v) is 5.69. The molecule has 0 spiro atoms. The summed E-state index contributed by atoms with van der Waals surface area (Å²) in [4.78, 5) is 27.6. The topological polar surface area (TPSA) is 102 Å². The highest BCUT2D eigenvalue weighted by atomic mass is 19.4. The number of nitrogens with one attached hydrogen (secondary N) is 1. The highest BCUT2D eigenvalue weighted by Crippen LogP contribution is 2.35. The van der Waals surface area contributed by atoms with E-state index in [1.807, 2.05) is 0 Å². The van der Waals surface area contributed by atoms with Gasteiger partial charge in [0.05, 0.1) is 23.7 Å². The first-order valence-electron chi connectivity index (χ1n) is 9.93. The van der Waals surface area contributed by atoms with Crippen LogP contribution in [-0.2, 0) is 11.0 Å². The van der Waals surface area contributed by atoms with E-state index < -0.39 is 29.3 Å². The zero-order chi connectivity index (χ0) is 21.9. The Morgan fingerprint density at radius 2 is 1.87 bits per heavy atom. The fraction of sp³-hybridized carbons (Fsp3) is 0.550. The average molecular weight is 423 g/mol. The third-order valence-electron chi connectivity index (χ3n) is 5.69. The molecule has 3 rings (SSSR count). The summed E-state index contributed by atoms with van der Waals surface area (Å²) in [6.45, 7) is 0.369. The molecule has 1 unspecified atom stereocenters. The van der Waals surface area contributed by atoms with Crippen LogP contribution in [0.15, 0.2) is 18.2 Å². The van der Waals surface area contributed by atoms with Crippen molar-refractivity contribution < 1.29 is 22.8 Å². The zero-order valence-corrected chi connectivity index (χ0v) is 16.4. The zero-order valence-electron chi connectivity index (χ0n) is 16.4. The number of nitrogens with two attached hydrogens (primary N) is 1. The molecule has 10 heteroatoms. The van der Waals surface area contributed by atoms with Crippen molar-refractivity contribution >= 4 is 17.6 Å². The van der Waals surface area contributed by atoms with E-state index in [0.717, 1.165) is 44.2 Å². The predicted octanol–water partition coefficient (Wildman–Crippen LogP) is 2.60. The number of carbonyl (C=O) groups excluding carboxylic acids is 2. The van der Waals surface area contributed by atoms with Crippen molar-refractivity contribution in [2.24, 2.45) is 5.73 Å². The minimum atomic E-state index is -4.70. The number of amides is 3. The summed E-state index contributed by atoms with van der Waals surface area (Å²) >= 11 is 0. The number of rotatable bonds is 3. The summed E-state index contributed by atoms with van der Waals surface area (Å²) in [5.41, 5.74) is 4.08. The van der Waals surface area contributed by atoms with Gasteiger partial charge in [0.1, 0.15) is 6.04 Å². The summed E-state index contributed by atoms with van der Waals surface area (Å²) in [5, 5.41) is 11.9. The van der Waals surface area contributed by atoms with Crippen LogP contribution >= 0.6 is 0 Å². The highest BCUT2D eigenvalue weighted by molar-refractivity contribution is 5.86. The molecule has 1 saturated carbocycles. The van der Waals surface area contributed by atoms with Crippen LogP contribution < -0.4 is 16.0 Å². The van der Waals surface area contributed by atoms with E-state index in [4.69, 9.17) is 11.0 Å². The molecule has 0 radical (unpaired) electrons. The van der Waals surface area contributed by atoms with Crippen molar-refractivity contribution in [1.29, 1.82) is 5.26 Å². The fourth-order valence-electron chi connectivity index (χ4n) is 4.08. The van der Waals surface area contributed by atoms with Gasteiger partial charge in [-0.05, 0) is 31.0 Å². The van der Waals surface area contributed by atoms with E-state index in [9.17, 15) is 22.8 Å². The van der Waals surface area contributed by atoms with Gasteiger partial charge in [-0.2, -0.15) is 18.4 Å². The second kappa shape index (κ2) is 8.81. The lowest BCUT2D eigenvalue weighted by Gasteiger charge is -2.41. The molecule has 1 aliphatic carbocycles. The van der Waals surface area contributed by atoms with Gasteiger partial charge in [-0.1, -0.05) is 19.3 Å². The van der Waals surface area contributed by atoms with Gasteiger partial charge in [0, 0.05) is 24.8 Å². The Labute approximate surface area is 172 Å². The second-order valence-corrected chi connectivity index (χ2v) is 7.68. The molecule has 162 valence electrons. The lowest BCUT2D eigenvalue weighted by Crippen LogP contribution is -2.61. The first-order chi connectivity index (χ1) is 14.2. The molecule has 1 aromatic rings. The van der Waals surface area contributed by atoms with E-state index in [1.54, 1.807) is 0 Å². The van der Waals surface area contributed by atoms with Gasteiger partial charge in [-0.3, -0.25) is 4.79 Å². The predicted molar refractivity (Wildman–Crippen MR) is 103 cm³/mol. The molecule has 7 nitrogen and oxygen atoms in total. The highest BCUT2D eigenvalue weighted by Gasteiger charge is 2.37. The van der Waals surface area contributed by atoms with Gasteiger partial charge in [-0.15, -0.1) is 0 Å². The summed E-state index contributed by atoms with van der Waals surface area (Å²) in [6, 6.07) is 3.68. The molecule has 0 aromatic heterocycles. The molecule has 0 bridgehead atoms. The molecule has 2 aliphatic rings. The van der Waals surface area contributed by atoms with Crippen molar-refractivity contribution in [2.45, 2.75) is 50.4 Å². The van der Waals surface area contributed by atoms with Crippen LogP contribution in [0.2, 0.25) is 0 Å². The number of hydrogen-bond acceptors (Lipinski definition) is 4. The van der Waals surface area contributed by atoms with Crippen LogP contribution in [0, 0.1) is 11.3 Å². The van der Waals surface area contributed by atoms with Crippen molar-refractivity contribution in [3.05, 3.63) is 29.3 Å². The van der Waals surface area contributed by atoms with E-state index in [0.29, 0.717) is 0 Å². The molecule has 3 amide bonds. The van der Waals surface area contributed by atoms with Crippen molar-refractivity contribution in [3.8, 4) is 6.07 Å². The number of halogens is 3. The summed E-state index contributed by atoms with van der Waals surface area (Å²) in [5.74, 6) is -0.733. The van der Waals surface area contributed by atoms with Gasteiger partial charge in [0.25, 0.3) is 0 Å². The minimum Gasteiger partial charge on any atom is -0.368 e. The lowest BCUT2D eigenvalue weighted by atomic mass is 9.96. The Balaban J connectivity index is 1.77. The standard InChI is InChI=1S/C20H24F3N5O2/c21-20(22,23)16-10-15(7-6-13(16)11-24)28-9-8-27(12-17(28)18(25)29)19(30)26-14-4-2-1-3-5-14/h6-7,10,14,17H,1-5,8-9,12H2,(H2,25,29)(H,26,30). The second-order valence-electron chi connectivity index (χ2n) is 7.68. The van der Waals surface area contributed by atoms with Crippen molar-refractivity contribution in [1.82, 2.24) is 10.2 Å². The molecular formula is C20H24F3N5O2. The first-order valence-corrected chi connectivity index (χ1v) is 9.93. The number of anilines is 1. The van der Waals surface area contributed by atoms with Crippen molar-refractivity contribution in [2.75, 3.05) is 24.5 Å². The van der Waals surface area contributed by atoms with Gasteiger partial charge in [-0.25, -0.2) is 4.79 Å². The van der Waals surface area contributed by atoms with Crippen LogP contribution in [0.5, 0.6) is 0 Å². The van der Waals surface area contributed by atoms with Crippen LogP contribution in [-0.4, -0.2) is 48.6 Å². The SMILES string of the molecule is N#Cc1ccc(N2CCN(C(=O)NC3CCCCC3)CC2C(N)=O)cc1C(F)(F)F. The molecule has 1 atom stereocenters. The number of hydrogen-bond donors (Lipinski definition) is 2. The van der Waals surface area contributed by atoms with Crippen LogP contribution in [0.4, 0.5) is 23.7 Å². The van der Waals surface area contributed by atoms with E-state index in [1.165, 1.54) is 21.9 Å². The first kappa shape index (κ1) is 21.7. The van der Waals surface area contributed by atoms with Gasteiger partial charge in [0.2, 0.25) is 5.91 Å². The fourth-order valence-corrected chi connectivity index (χ4v) is 4.08. The number of nitriles is 1. The molecule has 3 N–H and O–H groups in total. The molecule has 2 fully saturated rings. The lowest BCUT2D eigenvalue weighted by molar-refractivity contribution is -0.137. The summed E-state index contributed by atoms with van der Waals surface area (Å²) in [7, 11) is 0. The van der Waals surface area contributed by atoms with Crippen molar-refractivity contribution in [3.63, 3.8) is 0 Å². The Morgan fingerprint density at radius 3 is 2.47 bits per heavy atom. The maximum atomic E-state index is 13.3. The van der Waals surface area contributed by atoms with Crippen LogP contribution in [0.1, 0.15) is 43.2 Å². The number of piperazine rings is 1. The summed E-state index contributed by atoms with van der Waals surface area (Å²) in [6.07, 6.45) is 0.392.